The minimum atomic E-state index is -0.561. The number of amides is 2. The number of aromatic nitrogens is 2. The lowest BCUT2D eigenvalue weighted by molar-refractivity contribution is -0.135. The standard InChI is InChI=1S/C30H41N7O2/c1-22(37(5)27(38)15-10-18-36(3)4)29(39)34-26-14-9-13-23(19-26)16-17-25-21-33-30(31-2)35-28(25)32-20-24-11-7-6-8-12-24/h6-8,10-12,15,21-23,26H,9,13-14,18-20H2,1-5H3,(H,34,39)(H2,31,32,33,35)/b15-10+/t22-,23-,26-/m0/s1. The highest BCUT2D eigenvalue weighted by molar-refractivity contribution is 5.92. The fourth-order valence-electron chi connectivity index (χ4n) is 4.31. The van der Waals surface area contributed by atoms with Crippen LogP contribution in [0.2, 0.25) is 0 Å². The maximum Gasteiger partial charge on any atom is 0.246 e. The molecule has 1 heterocycles. The van der Waals surface area contributed by atoms with Gasteiger partial charge in [-0.15, -0.1) is 0 Å². The number of hydrogen-bond acceptors (Lipinski definition) is 7. The molecule has 0 bridgehead atoms. The Labute approximate surface area is 232 Å². The highest BCUT2D eigenvalue weighted by atomic mass is 16.2. The third kappa shape index (κ3) is 9.41. The third-order valence-corrected chi connectivity index (χ3v) is 6.79. The van der Waals surface area contributed by atoms with Gasteiger partial charge >= 0.3 is 0 Å². The van der Waals surface area contributed by atoms with Gasteiger partial charge in [0.2, 0.25) is 17.8 Å². The van der Waals surface area contributed by atoms with E-state index in [4.69, 9.17) is 0 Å². The molecular formula is C30H41N7O2. The normalized spacial score (nSPS) is 17.7. The van der Waals surface area contributed by atoms with E-state index >= 15 is 0 Å². The minimum Gasteiger partial charge on any atom is -0.365 e. The second-order valence-corrected chi connectivity index (χ2v) is 10.2. The quantitative estimate of drug-likeness (QED) is 0.320. The van der Waals surface area contributed by atoms with Gasteiger partial charge in [0.25, 0.3) is 0 Å². The number of rotatable bonds is 10. The maximum absolute atomic E-state index is 12.9. The van der Waals surface area contributed by atoms with Gasteiger partial charge < -0.3 is 25.8 Å². The van der Waals surface area contributed by atoms with Gasteiger partial charge in [-0.05, 0) is 45.8 Å². The first-order valence-corrected chi connectivity index (χ1v) is 13.5. The number of anilines is 2. The van der Waals surface area contributed by atoms with Crippen LogP contribution >= 0.6 is 0 Å². The van der Waals surface area contributed by atoms with Crippen molar-refractivity contribution in [3.05, 3.63) is 59.8 Å². The first kappa shape index (κ1) is 29.7. The zero-order valence-corrected chi connectivity index (χ0v) is 23.7. The van der Waals surface area contributed by atoms with Gasteiger partial charge in [0, 0.05) is 45.2 Å². The van der Waals surface area contributed by atoms with Gasteiger partial charge in [-0.1, -0.05) is 54.7 Å². The summed E-state index contributed by atoms with van der Waals surface area (Å²) in [6.07, 6.45) is 8.69. The zero-order valence-electron chi connectivity index (χ0n) is 23.7. The Hall–Kier alpha value is -3.90. The molecule has 3 rings (SSSR count). The SMILES string of the molecule is CNc1ncc(C#C[C@@H]2CCC[C@H](NC(=O)[C@H](C)N(C)C(=O)/C=C/CN(C)C)C2)c(NCc2ccccc2)n1. The molecule has 1 aliphatic carbocycles. The van der Waals surface area contributed by atoms with Crippen LogP contribution in [0.5, 0.6) is 0 Å². The fourth-order valence-corrected chi connectivity index (χ4v) is 4.31. The highest BCUT2D eigenvalue weighted by Crippen LogP contribution is 2.24. The van der Waals surface area contributed by atoms with Crippen LogP contribution in [-0.2, 0) is 16.1 Å². The molecule has 1 fully saturated rings. The van der Waals surface area contributed by atoms with E-state index in [0.29, 0.717) is 24.9 Å². The monoisotopic (exact) mass is 531 g/mol. The summed E-state index contributed by atoms with van der Waals surface area (Å²) >= 11 is 0. The largest absolute Gasteiger partial charge is 0.365 e. The summed E-state index contributed by atoms with van der Waals surface area (Å²) in [5, 5.41) is 9.51. The van der Waals surface area contributed by atoms with Crippen LogP contribution in [0.15, 0.2) is 48.7 Å². The molecule has 1 saturated carbocycles. The summed E-state index contributed by atoms with van der Waals surface area (Å²) in [5.74, 6) is 7.73. The Balaban J connectivity index is 1.60. The molecule has 2 amide bonds. The fraction of sp³-hybridized carbons (Fsp3) is 0.467. The van der Waals surface area contributed by atoms with Crippen molar-refractivity contribution < 1.29 is 9.59 Å². The molecule has 208 valence electrons. The average Bonchev–Trinajstić information content (AvgIpc) is 2.94. The predicted octanol–water partition coefficient (Wildman–Crippen LogP) is 3.12. The molecule has 1 aromatic heterocycles. The molecule has 3 N–H and O–H groups in total. The van der Waals surface area contributed by atoms with Gasteiger partial charge in [0.15, 0.2) is 0 Å². The predicted molar refractivity (Wildman–Crippen MR) is 156 cm³/mol. The van der Waals surface area contributed by atoms with Crippen LogP contribution in [0.25, 0.3) is 0 Å². The van der Waals surface area contributed by atoms with E-state index in [0.717, 1.165) is 36.8 Å². The maximum atomic E-state index is 12.9. The Morgan fingerprint density at radius 3 is 2.67 bits per heavy atom. The van der Waals surface area contributed by atoms with E-state index in [1.54, 1.807) is 33.3 Å². The van der Waals surface area contributed by atoms with E-state index in [2.05, 4.69) is 49.9 Å². The van der Waals surface area contributed by atoms with Crippen LogP contribution in [0, 0.1) is 17.8 Å². The number of nitrogens with one attached hydrogen (secondary N) is 3. The number of benzene rings is 1. The summed E-state index contributed by atoms with van der Waals surface area (Å²) in [6, 6.07) is 9.60. The first-order valence-electron chi connectivity index (χ1n) is 13.5. The van der Waals surface area contributed by atoms with Crippen molar-refractivity contribution in [2.24, 2.45) is 5.92 Å². The number of nitrogens with zero attached hydrogens (tertiary/aromatic N) is 4. The van der Waals surface area contributed by atoms with Crippen molar-refractivity contribution in [3.63, 3.8) is 0 Å². The van der Waals surface area contributed by atoms with Crippen molar-refractivity contribution in [2.75, 3.05) is 45.4 Å². The smallest absolute Gasteiger partial charge is 0.246 e. The summed E-state index contributed by atoms with van der Waals surface area (Å²) in [7, 11) is 7.32. The molecule has 9 nitrogen and oxygen atoms in total. The first-order chi connectivity index (χ1) is 18.8. The number of carbonyl (C=O) groups excluding carboxylic acids is 2. The molecule has 1 aromatic carbocycles. The van der Waals surface area contributed by atoms with Crippen molar-refractivity contribution >= 4 is 23.6 Å². The van der Waals surface area contributed by atoms with E-state index in [-0.39, 0.29) is 23.8 Å². The van der Waals surface area contributed by atoms with Crippen LogP contribution in [0.3, 0.4) is 0 Å². The van der Waals surface area contributed by atoms with E-state index in [1.807, 2.05) is 37.2 Å². The van der Waals surface area contributed by atoms with Crippen molar-refractivity contribution in [3.8, 4) is 11.8 Å². The molecule has 0 aliphatic heterocycles. The number of likely N-dealkylation sites (N-methyl/N-ethyl adjacent to an activating group) is 2. The average molecular weight is 532 g/mol. The van der Waals surface area contributed by atoms with Crippen LogP contribution in [0.1, 0.15) is 43.7 Å². The highest BCUT2D eigenvalue weighted by Gasteiger charge is 2.26. The van der Waals surface area contributed by atoms with Crippen LogP contribution < -0.4 is 16.0 Å². The summed E-state index contributed by atoms with van der Waals surface area (Å²) in [5.41, 5.74) is 1.89. The Kier molecular flexibility index (Phi) is 11.3. The van der Waals surface area contributed by atoms with E-state index in [1.165, 1.54) is 11.0 Å². The van der Waals surface area contributed by atoms with Gasteiger partial charge in [-0.2, -0.15) is 4.98 Å². The molecule has 9 heteroatoms. The van der Waals surface area contributed by atoms with Gasteiger partial charge in [-0.25, -0.2) is 4.98 Å². The lowest BCUT2D eigenvalue weighted by Crippen LogP contribution is -2.49. The summed E-state index contributed by atoms with van der Waals surface area (Å²) in [4.78, 5) is 37.7. The van der Waals surface area contributed by atoms with E-state index in [9.17, 15) is 9.59 Å². The minimum absolute atomic E-state index is 0.0272. The van der Waals surface area contributed by atoms with Crippen molar-refractivity contribution in [1.82, 2.24) is 25.1 Å². The number of carbonyl (C=O) groups is 2. The lowest BCUT2D eigenvalue weighted by Gasteiger charge is -2.30. The second kappa shape index (κ2) is 14.9. The molecule has 0 saturated heterocycles. The molecule has 39 heavy (non-hydrogen) atoms. The van der Waals surface area contributed by atoms with Crippen molar-refractivity contribution in [2.45, 2.75) is 51.2 Å². The van der Waals surface area contributed by atoms with Gasteiger partial charge in [0.1, 0.15) is 11.9 Å². The van der Waals surface area contributed by atoms with Crippen molar-refractivity contribution in [1.29, 1.82) is 0 Å². The van der Waals surface area contributed by atoms with Gasteiger partial charge in [-0.3, -0.25) is 9.59 Å². The van der Waals surface area contributed by atoms with E-state index < -0.39 is 6.04 Å². The molecule has 2 aromatic rings. The molecule has 0 unspecified atom stereocenters. The molecular weight excluding hydrogens is 490 g/mol. The Morgan fingerprint density at radius 1 is 1.18 bits per heavy atom. The van der Waals surface area contributed by atoms with Crippen LogP contribution in [0.4, 0.5) is 11.8 Å². The Bertz CT molecular complexity index is 1190. The third-order valence-electron chi connectivity index (χ3n) is 6.79. The zero-order chi connectivity index (χ0) is 28.2. The molecule has 0 radical (unpaired) electrons. The molecule has 3 atom stereocenters. The molecule has 1 aliphatic rings. The summed E-state index contributed by atoms with van der Waals surface area (Å²) < 4.78 is 0. The number of hydrogen-bond donors (Lipinski definition) is 3. The molecule has 0 spiro atoms. The topological polar surface area (TPSA) is 102 Å². The second-order valence-electron chi connectivity index (χ2n) is 10.2. The Morgan fingerprint density at radius 2 is 1.95 bits per heavy atom. The summed E-state index contributed by atoms with van der Waals surface area (Å²) in [6.45, 7) is 3.06. The van der Waals surface area contributed by atoms with Gasteiger partial charge in [0.05, 0.1) is 11.8 Å². The van der Waals surface area contributed by atoms with Crippen LogP contribution in [-0.4, -0.2) is 78.4 Å². The lowest BCUT2D eigenvalue weighted by atomic mass is 9.86.